The van der Waals surface area contributed by atoms with E-state index in [0.29, 0.717) is 17.7 Å². The summed E-state index contributed by atoms with van der Waals surface area (Å²) in [5.41, 5.74) is 4.29. The number of amides is 1. The fraction of sp³-hybridized carbons (Fsp3) is 0.476. The zero-order valence-electron chi connectivity index (χ0n) is 16.2. The van der Waals surface area contributed by atoms with Gasteiger partial charge < -0.3 is 10.2 Å². The third-order valence-corrected chi connectivity index (χ3v) is 4.91. The first-order chi connectivity index (χ1) is 12.5. The van der Waals surface area contributed by atoms with Crippen LogP contribution in [0.4, 0.5) is 11.6 Å². The number of hydrogen-bond acceptors (Lipinski definition) is 4. The Balaban J connectivity index is 1.85. The van der Waals surface area contributed by atoms with Gasteiger partial charge in [0.05, 0.1) is 0 Å². The first-order valence-electron chi connectivity index (χ1n) is 9.48. The SMILES string of the molecule is CCC1CCCCN1c1nc(C)cc(C(=O)Nc2cc(C)cc(C)c2)n1. The first kappa shape index (κ1) is 18.4. The van der Waals surface area contributed by atoms with E-state index in [1.54, 1.807) is 6.07 Å². The molecule has 138 valence electrons. The van der Waals surface area contributed by atoms with Crippen LogP contribution in [0.15, 0.2) is 24.3 Å². The Labute approximate surface area is 155 Å². The maximum Gasteiger partial charge on any atom is 0.274 e. The Bertz CT molecular complexity index is 782. The van der Waals surface area contributed by atoms with E-state index in [-0.39, 0.29) is 5.91 Å². The van der Waals surface area contributed by atoms with Gasteiger partial charge in [0, 0.05) is 24.0 Å². The molecule has 5 heteroatoms. The summed E-state index contributed by atoms with van der Waals surface area (Å²) >= 11 is 0. The standard InChI is InChI=1S/C21H28N4O/c1-5-18-8-6-7-9-25(18)21-22-16(4)13-19(24-21)20(26)23-17-11-14(2)10-15(3)12-17/h10-13,18H,5-9H2,1-4H3,(H,23,26). The number of carbonyl (C=O) groups is 1. The van der Waals surface area contributed by atoms with Crippen molar-refractivity contribution in [1.29, 1.82) is 0 Å². The highest BCUT2D eigenvalue weighted by Gasteiger charge is 2.24. The van der Waals surface area contributed by atoms with Crippen molar-refractivity contribution in [2.75, 3.05) is 16.8 Å². The van der Waals surface area contributed by atoms with Crippen LogP contribution in [-0.4, -0.2) is 28.5 Å². The molecule has 3 rings (SSSR count). The van der Waals surface area contributed by atoms with Crippen LogP contribution in [0.5, 0.6) is 0 Å². The van der Waals surface area contributed by atoms with Crippen molar-refractivity contribution in [1.82, 2.24) is 9.97 Å². The summed E-state index contributed by atoms with van der Waals surface area (Å²) in [6, 6.07) is 8.24. The number of aryl methyl sites for hydroxylation is 3. The number of benzene rings is 1. The summed E-state index contributed by atoms with van der Waals surface area (Å²) in [4.78, 5) is 24.2. The summed E-state index contributed by atoms with van der Waals surface area (Å²) in [6.07, 6.45) is 4.64. The van der Waals surface area contributed by atoms with E-state index in [1.165, 1.54) is 6.42 Å². The number of hydrogen-bond donors (Lipinski definition) is 1. The van der Waals surface area contributed by atoms with E-state index in [9.17, 15) is 4.79 Å². The van der Waals surface area contributed by atoms with Crippen LogP contribution in [0, 0.1) is 20.8 Å². The van der Waals surface area contributed by atoms with E-state index in [0.717, 1.165) is 48.3 Å². The molecule has 1 aliphatic heterocycles. The monoisotopic (exact) mass is 352 g/mol. The smallest absolute Gasteiger partial charge is 0.274 e. The summed E-state index contributed by atoms with van der Waals surface area (Å²) in [7, 11) is 0. The summed E-state index contributed by atoms with van der Waals surface area (Å²) in [5.74, 6) is 0.494. The van der Waals surface area contributed by atoms with Gasteiger partial charge in [0.15, 0.2) is 0 Å². The number of carbonyl (C=O) groups excluding carboxylic acids is 1. The van der Waals surface area contributed by atoms with Crippen molar-refractivity contribution in [3.8, 4) is 0 Å². The van der Waals surface area contributed by atoms with E-state index >= 15 is 0 Å². The van der Waals surface area contributed by atoms with Crippen molar-refractivity contribution in [2.24, 2.45) is 0 Å². The Morgan fingerprint density at radius 1 is 1.12 bits per heavy atom. The molecule has 1 N–H and O–H groups in total. The topological polar surface area (TPSA) is 58.1 Å². The molecular weight excluding hydrogens is 324 g/mol. The van der Waals surface area contributed by atoms with Crippen LogP contribution >= 0.6 is 0 Å². The molecule has 2 heterocycles. The Hall–Kier alpha value is -2.43. The van der Waals surface area contributed by atoms with Crippen LogP contribution in [0.25, 0.3) is 0 Å². The number of aromatic nitrogens is 2. The summed E-state index contributed by atoms with van der Waals surface area (Å²) < 4.78 is 0. The minimum atomic E-state index is -0.188. The zero-order chi connectivity index (χ0) is 18.7. The second kappa shape index (κ2) is 7.85. The van der Waals surface area contributed by atoms with Gasteiger partial charge in [-0.15, -0.1) is 0 Å². The van der Waals surface area contributed by atoms with Gasteiger partial charge in [-0.1, -0.05) is 13.0 Å². The largest absolute Gasteiger partial charge is 0.338 e. The van der Waals surface area contributed by atoms with Gasteiger partial charge in [-0.2, -0.15) is 0 Å². The van der Waals surface area contributed by atoms with E-state index in [1.807, 2.05) is 32.9 Å². The molecule has 1 atom stereocenters. The molecule has 2 aromatic rings. The fourth-order valence-corrected chi connectivity index (χ4v) is 3.73. The molecule has 0 radical (unpaired) electrons. The first-order valence-corrected chi connectivity index (χ1v) is 9.48. The van der Waals surface area contributed by atoms with Gasteiger partial charge in [0.2, 0.25) is 5.95 Å². The van der Waals surface area contributed by atoms with Gasteiger partial charge in [-0.05, 0) is 75.8 Å². The normalized spacial score (nSPS) is 17.2. The highest BCUT2D eigenvalue weighted by molar-refractivity contribution is 6.03. The lowest BCUT2D eigenvalue weighted by Gasteiger charge is -2.35. The lowest BCUT2D eigenvalue weighted by Crippen LogP contribution is -2.40. The van der Waals surface area contributed by atoms with Gasteiger partial charge in [-0.25, -0.2) is 9.97 Å². The van der Waals surface area contributed by atoms with Crippen molar-refractivity contribution in [3.05, 3.63) is 46.8 Å². The van der Waals surface area contributed by atoms with Crippen LogP contribution < -0.4 is 10.2 Å². The quantitative estimate of drug-likeness (QED) is 0.885. The fourth-order valence-electron chi connectivity index (χ4n) is 3.73. The lowest BCUT2D eigenvalue weighted by atomic mass is 10.0. The average molecular weight is 352 g/mol. The van der Waals surface area contributed by atoms with Crippen LogP contribution in [0.1, 0.15) is 59.9 Å². The van der Waals surface area contributed by atoms with Crippen molar-refractivity contribution < 1.29 is 4.79 Å². The molecule has 26 heavy (non-hydrogen) atoms. The van der Waals surface area contributed by atoms with E-state index < -0.39 is 0 Å². The van der Waals surface area contributed by atoms with Crippen molar-refractivity contribution in [3.63, 3.8) is 0 Å². The van der Waals surface area contributed by atoms with E-state index in [2.05, 4.69) is 33.2 Å². The Morgan fingerprint density at radius 2 is 1.85 bits per heavy atom. The van der Waals surface area contributed by atoms with Crippen LogP contribution in [-0.2, 0) is 0 Å². The number of piperidine rings is 1. The van der Waals surface area contributed by atoms with Gasteiger partial charge in [-0.3, -0.25) is 4.79 Å². The third-order valence-electron chi connectivity index (χ3n) is 4.91. The zero-order valence-corrected chi connectivity index (χ0v) is 16.2. The number of anilines is 2. The molecule has 0 aliphatic carbocycles. The van der Waals surface area contributed by atoms with Crippen LogP contribution in [0.2, 0.25) is 0 Å². The highest BCUT2D eigenvalue weighted by Crippen LogP contribution is 2.24. The Kier molecular flexibility index (Phi) is 5.55. The maximum atomic E-state index is 12.8. The predicted octanol–water partition coefficient (Wildman–Crippen LogP) is 4.42. The van der Waals surface area contributed by atoms with Crippen molar-refractivity contribution >= 4 is 17.5 Å². The third kappa shape index (κ3) is 4.21. The summed E-state index contributed by atoms with van der Waals surface area (Å²) in [5, 5.41) is 2.97. The lowest BCUT2D eigenvalue weighted by molar-refractivity contribution is 0.102. The molecule has 0 spiro atoms. The minimum absolute atomic E-state index is 0.188. The molecule has 5 nitrogen and oxygen atoms in total. The molecule has 0 saturated carbocycles. The van der Waals surface area contributed by atoms with Crippen molar-refractivity contribution in [2.45, 2.75) is 59.4 Å². The molecule has 1 aromatic carbocycles. The second-order valence-corrected chi connectivity index (χ2v) is 7.28. The predicted molar refractivity (Wildman–Crippen MR) is 106 cm³/mol. The molecule has 1 aromatic heterocycles. The number of rotatable bonds is 4. The number of nitrogens with one attached hydrogen (secondary N) is 1. The van der Waals surface area contributed by atoms with Crippen LogP contribution in [0.3, 0.4) is 0 Å². The minimum Gasteiger partial charge on any atom is -0.338 e. The molecule has 1 aliphatic rings. The molecule has 1 saturated heterocycles. The number of nitrogens with zero attached hydrogens (tertiary/aromatic N) is 3. The molecule has 1 fully saturated rings. The molecule has 0 bridgehead atoms. The highest BCUT2D eigenvalue weighted by atomic mass is 16.1. The summed E-state index contributed by atoms with van der Waals surface area (Å²) in [6.45, 7) is 9.13. The molecule has 1 unspecified atom stereocenters. The van der Waals surface area contributed by atoms with Gasteiger partial charge >= 0.3 is 0 Å². The average Bonchev–Trinajstić information content (AvgIpc) is 2.60. The molecule has 1 amide bonds. The van der Waals surface area contributed by atoms with Gasteiger partial charge in [0.25, 0.3) is 5.91 Å². The molecular formula is C21H28N4O. The maximum absolute atomic E-state index is 12.8. The van der Waals surface area contributed by atoms with E-state index in [4.69, 9.17) is 0 Å². The van der Waals surface area contributed by atoms with Gasteiger partial charge in [0.1, 0.15) is 5.69 Å². The Morgan fingerprint density at radius 3 is 2.54 bits per heavy atom. The second-order valence-electron chi connectivity index (χ2n) is 7.28.